The van der Waals surface area contributed by atoms with Gasteiger partial charge in [-0.1, -0.05) is 30.3 Å². The first-order valence-electron chi connectivity index (χ1n) is 8.41. The van der Waals surface area contributed by atoms with E-state index in [1.54, 1.807) is 7.11 Å². The Balaban J connectivity index is 1.92. The first kappa shape index (κ1) is 17.8. The molecule has 0 amide bonds. The van der Waals surface area contributed by atoms with Crippen molar-refractivity contribution in [3.05, 3.63) is 35.9 Å². The molecule has 5 nitrogen and oxygen atoms in total. The summed E-state index contributed by atoms with van der Waals surface area (Å²) in [5, 5.41) is 6.65. The number of ether oxygens (including phenoxy) is 2. The summed E-state index contributed by atoms with van der Waals surface area (Å²) in [6.07, 6.45) is 2.19. The fourth-order valence-corrected chi connectivity index (χ4v) is 2.74. The zero-order valence-corrected chi connectivity index (χ0v) is 14.5. The molecule has 2 unspecified atom stereocenters. The van der Waals surface area contributed by atoms with Gasteiger partial charge in [-0.15, -0.1) is 0 Å². The minimum atomic E-state index is -0.123. The van der Waals surface area contributed by atoms with E-state index in [2.05, 4.69) is 41.6 Å². The molecule has 1 aliphatic heterocycles. The van der Waals surface area contributed by atoms with Crippen LogP contribution >= 0.6 is 0 Å². The number of nitrogens with one attached hydrogen (secondary N) is 2. The molecular weight excluding hydrogens is 290 g/mol. The molecule has 128 valence electrons. The predicted molar refractivity (Wildman–Crippen MR) is 93.8 cm³/mol. The molecule has 0 aromatic heterocycles. The molecule has 2 rings (SSSR count). The van der Waals surface area contributed by atoms with Crippen LogP contribution in [0.1, 0.15) is 38.4 Å². The maximum Gasteiger partial charge on any atom is 0.191 e. The molecule has 1 fully saturated rings. The lowest BCUT2D eigenvalue weighted by molar-refractivity contribution is 0.0283. The van der Waals surface area contributed by atoms with Crippen LogP contribution in [0.5, 0.6) is 0 Å². The van der Waals surface area contributed by atoms with E-state index >= 15 is 0 Å². The Morgan fingerprint density at radius 1 is 1.35 bits per heavy atom. The summed E-state index contributed by atoms with van der Waals surface area (Å²) in [5.41, 5.74) is 1.03. The summed E-state index contributed by atoms with van der Waals surface area (Å²) in [6.45, 7) is 7.21. The van der Waals surface area contributed by atoms with Crippen LogP contribution < -0.4 is 10.6 Å². The maximum absolute atomic E-state index is 5.80. The first-order chi connectivity index (χ1) is 11.2. The van der Waals surface area contributed by atoms with Gasteiger partial charge in [-0.3, -0.25) is 4.99 Å². The average Bonchev–Trinajstić information content (AvgIpc) is 3.01. The SMILES string of the molecule is CCNC(=NCC1(C)CCCO1)NCC(OC)c1ccccc1. The summed E-state index contributed by atoms with van der Waals surface area (Å²) < 4.78 is 11.4. The van der Waals surface area contributed by atoms with E-state index in [0.29, 0.717) is 13.1 Å². The van der Waals surface area contributed by atoms with Crippen LogP contribution in [0.3, 0.4) is 0 Å². The summed E-state index contributed by atoms with van der Waals surface area (Å²) in [6, 6.07) is 10.2. The highest BCUT2D eigenvalue weighted by Gasteiger charge is 2.29. The van der Waals surface area contributed by atoms with Crippen molar-refractivity contribution in [2.24, 2.45) is 4.99 Å². The fourth-order valence-electron chi connectivity index (χ4n) is 2.74. The van der Waals surface area contributed by atoms with Crippen molar-refractivity contribution in [1.82, 2.24) is 10.6 Å². The van der Waals surface area contributed by atoms with Gasteiger partial charge in [0, 0.05) is 26.8 Å². The lowest BCUT2D eigenvalue weighted by atomic mass is 10.0. The Labute approximate surface area is 139 Å². The van der Waals surface area contributed by atoms with Gasteiger partial charge in [-0.05, 0) is 32.3 Å². The summed E-state index contributed by atoms with van der Waals surface area (Å²) in [5.74, 6) is 0.808. The highest BCUT2D eigenvalue weighted by Crippen LogP contribution is 2.25. The van der Waals surface area contributed by atoms with Crippen LogP contribution in [0.25, 0.3) is 0 Å². The number of guanidine groups is 1. The molecule has 2 atom stereocenters. The lowest BCUT2D eigenvalue weighted by Crippen LogP contribution is -2.41. The monoisotopic (exact) mass is 319 g/mol. The molecule has 5 heteroatoms. The Morgan fingerprint density at radius 2 is 2.13 bits per heavy atom. The quantitative estimate of drug-likeness (QED) is 0.599. The van der Waals surface area contributed by atoms with Crippen molar-refractivity contribution in [3.63, 3.8) is 0 Å². The highest BCUT2D eigenvalue weighted by molar-refractivity contribution is 5.79. The largest absolute Gasteiger partial charge is 0.375 e. The molecule has 0 aliphatic carbocycles. The number of aliphatic imine (C=N–C) groups is 1. The highest BCUT2D eigenvalue weighted by atomic mass is 16.5. The zero-order chi connectivity index (χ0) is 16.5. The minimum Gasteiger partial charge on any atom is -0.375 e. The smallest absolute Gasteiger partial charge is 0.191 e. The normalized spacial score (nSPS) is 22.8. The molecular formula is C18H29N3O2. The van der Waals surface area contributed by atoms with Gasteiger partial charge in [0.05, 0.1) is 18.2 Å². The van der Waals surface area contributed by atoms with Crippen LogP contribution in [0.2, 0.25) is 0 Å². The van der Waals surface area contributed by atoms with E-state index in [1.165, 1.54) is 0 Å². The second-order valence-corrected chi connectivity index (χ2v) is 6.11. The first-order valence-corrected chi connectivity index (χ1v) is 8.41. The standard InChI is InChI=1S/C18H29N3O2/c1-4-19-17(21-14-18(2)11-8-12-23-18)20-13-16(22-3)15-9-6-5-7-10-15/h5-7,9-10,16H,4,8,11-14H2,1-3H3,(H2,19,20,21). The molecule has 0 bridgehead atoms. The number of nitrogens with zero attached hydrogens (tertiary/aromatic N) is 1. The lowest BCUT2D eigenvalue weighted by Gasteiger charge is -2.22. The Bertz CT molecular complexity index is 484. The van der Waals surface area contributed by atoms with E-state index in [1.807, 2.05) is 18.2 Å². The van der Waals surface area contributed by atoms with Gasteiger partial charge in [-0.25, -0.2) is 0 Å². The molecule has 23 heavy (non-hydrogen) atoms. The summed E-state index contributed by atoms with van der Waals surface area (Å²) >= 11 is 0. The van der Waals surface area contributed by atoms with Gasteiger partial charge in [0.1, 0.15) is 0 Å². The van der Waals surface area contributed by atoms with Crippen molar-refractivity contribution >= 4 is 5.96 Å². The molecule has 1 aromatic carbocycles. The average molecular weight is 319 g/mol. The van der Waals surface area contributed by atoms with Crippen LogP contribution in [-0.4, -0.2) is 44.9 Å². The third-order valence-corrected chi connectivity index (χ3v) is 4.13. The molecule has 1 heterocycles. The van der Waals surface area contributed by atoms with E-state index in [-0.39, 0.29) is 11.7 Å². The van der Waals surface area contributed by atoms with Crippen LogP contribution in [0.15, 0.2) is 35.3 Å². The third-order valence-electron chi connectivity index (χ3n) is 4.13. The maximum atomic E-state index is 5.80. The van der Waals surface area contributed by atoms with Crippen LogP contribution in [-0.2, 0) is 9.47 Å². The van der Waals surface area contributed by atoms with E-state index in [9.17, 15) is 0 Å². The Kier molecular flexibility index (Phi) is 6.86. The molecule has 0 spiro atoms. The molecule has 1 aliphatic rings. The predicted octanol–water partition coefficient (Wildman–Crippen LogP) is 2.50. The number of hydrogen-bond donors (Lipinski definition) is 2. The Hall–Kier alpha value is -1.59. The number of methoxy groups -OCH3 is 1. The minimum absolute atomic E-state index is 0.00151. The van der Waals surface area contributed by atoms with Crippen LogP contribution in [0.4, 0.5) is 0 Å². The van der Waals surface area contributed by atoms with Crippen molar-refractivity contribution in [3.8, 4) is 0 Å². The molecule has 0 radical (unpaired) electrons. The van der Waals surface area contributed by atoms with Crippen molar-refractivity contribution in [2.45, 2.75) is 38.4 Å². The molecule has 1 saturated heterocycles. The molecule has 2 N–H and O–H groups in total. The van der Waals surface area contributed by atoms with Gasteiger partial charge in [0.25, 0.3) is 0 Å². The molecule has 0 saturated carbocycles. The van der Waals surface area contributed by atoms with Gasteiger partial charge < -0.3 is 20.1 Å². The van der Waals surface area contributed by atoms with Crippen LogP contribution in [0, 0.1) is 0 Å². The van der Waals surface area contributed by atoms with Gasteiger partial charge in [0.15, 0.2) is 5.96 Å². The van der Waals surface area contributed by atoms with Crippen molar-refractivity contribution in [1.29, 1.82) is 0 Å². The van der Waals surface area contributed by atoms with Crippen molar-refractivity contribution in [2.75, 3.05) is 33.4 Å². The summed E-state index contributed by atoms with van der Waals surface area (Å²) in [7, 11) is 1.73. The van der Waals surface area contributed by atoms with E-state index in [4.69, 9.17) is 9.47 Å². The fraction of sp³-hybridized carbons (Fsp3) is 0.611. The van der Waals surface area contributed by atoms with E-state index < -0.39 is 0 Å². The zero-order valence-electron chi connectivity index (χ0n) is 14.5. The topological polar surface area (TPSA) is 54.9 Å². The second kappa shape index (κ2) is 8.89. The van der Waals surface area contributed by atoms with Gasteiger partial charge in [-0.2, -0.15) is 0 Å². The van der Waals surface area contributed by atoms with Gasteiger partial charge in [0.2, 0.25) is 0 Å². The third kappa shape index (κ3) is 5.52. The summed E-state index contributed by atoms with van der Waals surface area (Å²) in [4.78, 5) is 4.68. The second-order valence-electron chi connectivity index (χ2n) is 6.11. The number of rotatable bonds is 7. The number of hydrogen-bond acceptors (Lipinski definition) is 3. The molecule has 1 aromatic rings. The Morgan fingerprint density at radius 3 is 2.74 bits per heavy atom. The van der Waals surface area contributed by atoms with E-state index in [0.717, 1.165) is 37.5 Å². The van der Waals surface area contributed by atoms with Gasteiger partial charge >= 0.3 is 0 Å². The number of benzene rings is 1. The van der Waals surface area contributed by atoms with Crippen molar-refractivity contribution < 1.29 is 9.47 Å².